The number of piperazine rings is 1. The molecule has 0 saturated carbocycles. The molecule has 0 aliphatic carbocycles. The normalized spacial score (nSPS) is 16.4. The van der Waals surface area contributed by atoms with Gasteiger partial charge in [-0.1, -0.05) is 12.1 Å². The van der Waals surface area contributed by atoms with Gasteiger partial charge in [-0.3, -0.25) is 9.69 Å². The first-order valence-corrected chi connectivity index (χ1v) is 9.77. The SMILES string of the molecule is NC(=O)c1ccc(CN2CCN(S(=O)(=O)c3ccc(F)c(F)c3)CC2)cc1. The molecule has 9 heteroatoms. The summed E-state index contributed by atoms with van der Waals surface area (Å²) in [5.74, 6) is -2.76. The highest BCUT2D eigenvalue weighted by molar-refractivity contribution is 7.89. The van der Waals surface area contributed by atoms with Gasteiger partial charge in [0.05, 0.1) is 4.90 Å². The van der Waals surface area contributed by atoms with Crippen molar-refractivity contribution in [1.29, 1.82) is 0 Å². The average molecular weight is 395 g/mol. The van der Waals surface area contributed by atoms with Crippen molar-refractivity contribution >= 4 is 15.9 Å². The molecule has 27 heavy (non-hydrogen) atoms. The molecule has 2 N–H and O–H groups in total. The standard InChI is InChI=1S/C18H19F2N3O3S/c19-16-6-5-15(11-17(16)20)27(25,26)23-9-7-22(8-10-23)12-13-1-3-14(4-2-13)18(21)24/h1-6,11H,7-10,12H2,(H2,21,24). The van der Waals surface area contributed by atoms with Crippen LogP contribution in [0.5, 0.6) is 0 Å². The summed E-state index contributed by atoms with van der Waals surface area (Å²) in [5, 5.41) is 0. The Morgan fingerprint density at radius 3 is 2.15 bits per heavy atom. The van der Waals surface area contributed by atoms with Crippen LogP contribution in [0.25, 0.3) is 0 Å². The minimum Gasteiger partial charge on any atom is -0.366 e. The fourth-order valence-electron chi connectivity index (χ4n) is 2.95. The van der Waals surface area contributed by atoms with Crippen molar-refractivity contribution in [3.8, 4) is 0 Å². The zero-order valence-corrected chi connectivity index (χ0v) is 15.3. The summed E-state index contributed by atoms with van der Waals surface area (Å²) >= 11 is 0. The molecule has 3 rings (SSSR count). The van der Waals surface area contributed by atoms with Crippen molar-refractivity contribution < 1.29 is 22.0 Å². The molecule has 2 aromatic rings. The fourth-order valence-corrected chi connectivity index (χ4v) is 4.38. The van der Waals surface area contributed by atoms with Crippen molar-refractivity contribution in [2.45, 2.75) is 11.4 Å². The predicted octanol–water partition coefficient (Wildman–Crippen LogP) is 1.57. The highest BCUT2D eigenvalue weighted by atomic mass is 32.2. The lowest BCUT2D eigenvalue weighted by molar-refractivity contribution is 0.1000. The quantitative estimate of drug-likeness (QED) is 0.833. The molecule has 1 aliphatic rings. The molecule has 1 heterocycles. The van der Waals surface area contributed by atoms with Crippen LogP contribution in [0.3, 0.4) is 0 Å². The van der Waals surface area contributed by atoms with E-state index in [1.807, 2.05) is 12.1 Å². The molecule has 1 saturated heterocycles. The van der Waals surface area contributed by atoms with Gasteiger partial charge in [0.15, 0.2) is 11.6 Å². The number of nitrogens with two attached hydrogens (primary N) is 1. The first-order valence-electron chi connectivity index (χ1n) is 8.33. The zero-order chi connectivity index (χ0) is 19.6. The van der Waals surface area contributed by atoms with Crippen molar-refractivity contribution in [3.63, 3.8) is 0 Å². The molecule has 0 bridgehead atoms. The fraction of sp³-hybridized carbons (Fsp3) is 0.278. The first kappa shape index (κ1) is 19.4. The van der Waals surface area contributed by atoms with Gasteiger partial charge in [-0.15, -0.1) is 0 Å². The van der Waals surface area contributed by atoms with Gasteiger partial charge >= 0.3 is 0 Å². The summed E-state index contributed by atoms with van der Waals surface area (Å²) in [6.07, 6.45) is 0. The summed E-state index contributed by atoms with van der Waals surface area (Å²) in [4.78, 5) is 12.9. The Balaban J connectivity index is 1.62. The number of carbonyl (C=O) groups excluding carboxylic acids is 1. The monoisotopic (exact) mass is 395 g/mol. The molecule has 6 nitrogen and oxygen atoms in total. The molecule has 1 fully saturated rings. The van der Waals surface area contributed by atoms with Crippen LogP contribution < -0.4 is 5.73 Å². The third-order valence-electron chi connectivity index (χ3n) is 4.50. The van der Waals surface area contributed by atoms with E-state index in [1.54, 1.807) is 12.1 Å². The minimum absolute atomic E-state index is 0.251. The number of benzene rings is 2. The maximum Gasteiger partial charge on any atom is 0.248 e. The van der Waals surface area contributed by atoms with Gasteiger partial charge in [0.25, 0.3) is 0 Å². The molecule has 0 spiro atoms. The van der Waals surface area contributed by atoms with Gasteiger partial charge in [-0.05, 0) is 35.9 Å². The summed E-state index contributed by atoms with van der Waals surface area (Å²) < 4.78 is 52.9. The summed E-state index contributed by atoms with van der Waals surface area (Å²) in [6, 6.07) is 9.52. The second-order valence-corrected chi connectivity index (χ2v) is 8.26. The molecule has 1 aliphatic heterocycles. The van der Waals surface area contributed by atoms with E-state index >= 15 is 0 Å². The van der Waals surface area contributed by atoms with E-state index in [0.29, 0.717) is 31.3 Å². The lowest BCUT2D eigenvalue weighted by Gasteiger charge is -2.34. The Morgan fingerprint density at radius 1 is 0.963 bits per heavy atom. The molecule has 144 valence electrons. The molecule has 0 aromatic heterocycles. The van der Waals surface area contributed by atoms with E-state index in [9.17, 15) is 22.0 Å². The van der Waals surface area contributed by atoms with Crippen LogP contribution in [-0.2, 0) is 16.6 Å². The minimum atomic E-state index is -3.86. The van der Waals surface area contributed by atoms with Gasteiger partial charge in [0, 0.05) is 38.3 Å². The Kier molecular flexibility index (Phi) is 5.54. The largest absolute Gasteiger partial charge is 0.366 e. The lowest BCUT2D eigenvalue weighted by Crippen LogP contribution is -2.48. The Bertz CT molecular complexity index is 941. The third kappa shape index (κ3) is 4.32. The van der Waals surface area contributed by atoms with Crippen molar-refractivity contribution in [1.82, 2.24) is 9.21 Å². The first-order chi connectivity index (χ1) is 12.8. The third-order valence-corrected chi connectivity index (χ3v) is 6.40. The topological polar surface area (TPSA) is 83.7 Å². The predicted molar refractivity (Wildman–Crippen MR) is 95.4 cm³/mol. The van der Waals surface area contributed by atoms with Gasteiger partial charge in [-0.25, -0.2) is 17.2 Å². The van der Waals surface area contributed by atoms with Gasteiger partial charge in [0.1, 0.15) is 0 Å². The van der Waals surface area contributed by atoms with Crippen LogP contribution in [0.4, 0.5) is 8.78 Å². The number of hydrogen-bond acceptors (Lipinski definition) is 4. The Labute approximate surface area is 156 Å². The molecule has 1 amide bonds. The van der Waals surface area contributed by atoms with Crippen LogP contribution in [0, 0.1) is 11.6 Å². The summed E-state index contributed by atoms with van der Waals surface area (Å²) in [5.41, 5.74) is 6.63. The number of nitrogens with zero attached hydrogens (tertiary/aromatic N) is 2. The number of amides is 1. The van der Waals surface area contributed by atoms with Gasteiger partial charge in [-0.2, -0.15) is 4.31 Å². The number of carbonyl (C=O) groups is 1. The molecule has 0 unspecified atom stereocenters. The van der Waals surface area contributed by atoms with E-state index in [0.717, 1.165) is 17.7 Å². The van der Waals surface area contributed by atoms with Crippen LogP contribution in [0.2, 0.25) is 0 Å². The molecule has 0 radical (unpaired) electrons. The number of halogens is 2. The zero-order valence-electron chi connectivity index (χ0n) is 14.4. The van der Waals surface area contributed by atoms with E-state index < -0.39 is 27.6 Å². The molecule has 2 aromatic carbocycles. The molecule has 0 atom stereocenters. The van der Waals surface area contributed by atoms with Crippen molar-refractivity contribution in [2.24, 2.45) is 5.73 Å². The summed E-state index contributed by atoms with van der Waals surface area (Å²) in [7, 11) is -3.86. The van der Waals surface area contributed by atoms with Gasteiger partial charge < -0.3 is 5.73 Å². The maximum absolute atomic E-state index is 13.4. The van der Waals surface area contributed by atoms with Crippen molar-refractivity contribution in [3.05, 3.63) is 65.2 Å². The Hall–Kier alpha value is -2.36. The average Bonchev–Trinajstić information content (AvgIpc) is 2.65. The van der Waals surface area contributed by atoms with E-state index in [2.05, 4.69) is 4.90 Å². The molecular weight excluding hydrogens is 376 g/mol. The highest BCUT2D eigenvalue weighted by Gasteiger charge is 2.29. The van der Waals surface area contributed by atoms with E-state index in [4.69, 9.17) is 5.73 Å². The number of primary amides is 1. The second kappa shape index (κ2) is 7.71. The van der Waals surface area contributed by atoms with Gasteiger partial charge in [0.2, 0.25) is 15.9 Å². The van der Waals surface area contributed by atoms with E-state index in [1.165, 1.54) is 4.31 Å². The van der Waals surface area contributed by atoms with Crippen LogP contribution >= 0.6 is 0 Å². The van der Waals surface area contributed by atoms with E-state index in [-0.39, 0.29) is 18.0 Å². The number of sulfonamides is 1. The van der Waals surface area contributed by atoms with Crippen LogP contribution in [0.1, 0.15) is 15.9 Å². The van der Waals surface area contributed by atoms with Crippen LogP contribution in [-0.4, -0.2) is 49.7 Å². The van der Waals surface area contributed by atoms with Crippen LogP contribution in [0.15, 0.2) is 47.4 Å². The smallest absolute Gasteiger partial charge is 0.248 e. The lowest BCUT2D eigenvalue weighted by atomic mass is 10.1. The maximum atomic E-state index is 13.4. The Morgan fingerprint density at radius 2 is 1.59 bits per heavy atom. The van der Waals surface area contributed by atoms with Crippen molar-refractivity contribution in [2.75, 3.05) is 26.2 Å². The summed E-state index contributed by atoms with van der Waals surface area (Å²) in [6.45, 7) is 2.11. The second-order valence-electron chi connectivity index (χ2n) is 6.32. The number of rotatable bonds is 5. The highest BCUT2D eigenvalue weighted by Crippen LogP contribution is 2.20. The molecular formula is C18H19F2N3O3S. The number of hydrogen-bond donors (Lipinski definition) is 1.